The number of amides is 1. The van der Waals surface area contributed by atoms with Crippen molar-refractivity contribution in [1.29, 1.82) is 0 Å². The van der Waals surface area contributed by atoms with Crippen LogP contribution in [0.15, 0.2) is 48.5 Å². The molecule has 29 heavy (non-hydrogen) atoms. The number of carbonyl (C=O) groups is 1. The van der Waals surface area contributed by atoms with Crippen molar-refractivity contribution in [3.63, 3.8) is 0 Å². The van der Waals surface area contributed by atoms with Gasteiger partial charge in [-0.15, -0.1) is 0 Å². The number of halogens is 2. The largest absolute Gasteiger partial charge is 0.388 e. The Kier molecular flexibility index (Phi) is 7.27. The Labute approximate surface area is 167 Å². The van der Waals surface area contributed by atoms with Crippen molar-refractivity contribution in [2.75, 3.05) is 6.54 Å². The summed E-state index contributed by atoms with van der Waals surface area (Å²) >= 11 is 0. The molecule has 1 aliphatic heterocycles. The molecule has 0 aromatic heterocycles. The van der Waals surface area contributed by atoms with E-state index in [-0.39, 0.29) is 37.1 Å². The average Bonchev–Trinajstić information content (AvgIpc) is 2.97. The fraction of sp³-hybridized carbons (Fsp3) is 0.381. The van der Waals surface area contributed by atoms with Gasteiger partial charge in [-0.3, -0.25) is 4.79 Å². The number of hydrogen-bond donors (Lipinski definition) is 4. The molecule has 1 amide bonds. The van der Waals surface area contributed by atoms with Crippen LogP contribution >= 0.6 is 0 Å². The smallest absolute Gasteiger partial charge is 0.222 e. The van der Waals surface area contributed by atoms with E-state index >= 15 is 0 Å². The molecule has 1 heterocycles. The highest BCUT2D eigenvalue weighted by atomic mass is 19.1. The van der Waals surface area contributed by atoms with Gasteiger partial charge in [0.15, 0.2) is 0 Å². The molecule has 4 unspecified atom stereocenters. The summed E-state index contributed by atoms with van der Waals surface area (Å²) in [6.07, 6.45) is -3.89. The molecular formula is C21H24F2N2O4. The van der Waals surface area contributed by atoms with Crippen molar-refractivity contribution < 1.29 is 28.5 Å². The molecule has 4 N–H and O–H groups in total. The van der Waals surface area contributed by atoms with Gasteiger partial charge in [0.2, 0.25) is 5.91 Å². The number of aliphatic hydroxyl groups is 2. The lowest BCUT2D eigenvalue weighted by molar-refractivity contribution is -0.125. The predicted molar refractivity (Wildman–Crippen MR) is 102 cm³/mol. The molecule has 0 aliphatic carbocycles. The van der Waals surface area contributed by atoms with E-state index in [1.807, 2.05) is 0 Å². The van der Waals surface area contributed by atoms with Gasteiger partial charge < -0.3 is 25.6 Å². The van der Waals surface area contributed by atoms with Gasteiger partial charge in [-0.25, -0.2) is 8.78 Å². The summed E-state index contributed by atoms with van der Waals surface area (Å²) in [7, 11) is 0. The molecule has 2 aromatic carbocycles. The summed E-state index contributed by atoms with van der Waals surface area (Å²) in [6.45, 7) is 0.947. The third kappa shape index (κ3) is 6.04. The van der Waals surface area contributed by atoms with E-state index in [2.05, 4.69) is 10.6 Å². The zero-order valence-electron chi connectivity index (χ0n) is 15.7. The number of aliphatic hydroxyl groups excluding tert-OH is 2. The van der Waals surface area contributed by atoms with Gasteiger partial charge >= 0.3 is 0 Å². The minimum absolute atomic E-state index is 0.103. The van der Waals surface area contributed by atoms with E-state index in [1.54, 1.807) is 24.3 Å². The monoisotopic (exact) mass is 406 g/mol. The first kappa shape index (κ1) is 21.3. The minimum Gasteiger partial charge on any atom is -0.388 e. The number of ether oxygens (including phenoxy) is 1. The maximum atomic E-state index is 12.9. The van der Waals surface area contributed by atoms with Crippen LogP contribution in [0.2, 0.25) is 0 Å². The Morgan fingerprint density at radius 2 is 1.38 bits per heavy atom. The maximum absolute atomic E-state index is 12.9. The summed E-state index contributed by atoms with van der Waals surface area (Å²) in [5.41, 5.74) is 1.62. The fourth-order valence-electron chi connectivity index (χ4n) is 3.18. The zero-order chi connectivity index (χ0) is 20.8. The van der Waals surface area contributed by atoms with Crippen LogP contribution in [0, 0.1) is 11.6 Å². The normalized spacial score (nSPS) is 23.9. The quantitative estimate of drug-likeness (QED) is 0.530. The molecule has 0 spiro atoms. The second kappa shape index (κ2) is 9.89. The molecule has 8 heteroatoms. The third-order valence-electron chi connectivity index (χ3n) is 4.84. The van der Waals surface area contributed by atoms with E-state index < -0.39 is 24.4 Å². The first-order valence-corrected chi connectivity index (χ1v) is 9.40. The van der Waals surface area contributed by atoms with Gasteiger partial charge in [0, 0.05) is 19.6 Å². The van der Waals surface area contributed by atoms with Crippen molar-refractivity contribution in [3.8, 4) is 0 Å². The van der Waals surface area contributed by atoms with Crippen molar-refractivity contribution in [1.82, 2.24) is 10.6 Å². The minimum atomic E-state index is -1.18. The number of hydrogen-bond acceptors (Lipinski definition) is 5. The lowest BCUT2D eigenvalue weighted by Gasteiger charge is -2.15. The maximum Gasteiger partial charge on any atom is 0.222 e. The van der Waals surface area contributed by atoms with E-state index in [9.17, 15) is 23.8 Å². The van der Waals surface area contributed by atoms with Crippen LogP contribution < -0.4 is 10.6 Å². The predicted octanol–water partition coefficient (Wildman–Crippen LogP) is 1.25. The summed E-state index contributed by atoms with van der Waals surface area (Å²) in [5.74, 6) is -1.01. The van der Waals surface area contributed by atoms with E-state index in [0.717, 1.165) is 11.1 Å². The molecule has 0 saturated carbocycles. The molecule has 6 nitrogen and oxygen atoms in total. The molecule has 0 bridgehead atoms. The molecule has 0 radical (unpaired) electrons. The van der Waals surface area contributed by atoms with E-state index in [0.29, 0.717) is 6.54 Å². The highest BCUT2D eigenvalue weighted by Gasteiger charge is 2.42. The van der Waals surface area contributed by atoms with Crippen LogP contribution in [-0.2, 0) is 22.6 Å². The number of carbonyl (C=O) groups excluding carboxylic acids is 1. The molecule has 3 rings (SSSR count). The molecule has 1 fully saturated rings. The SMILES string of the molecule is O=C(CC1OC(CNCc2ccc(F)cc2)C(O)C1O)NCc1ccc(F)cc1. The third-order valence-corrected chi connectivity index (χ3v) is 4.84. The molecule has 4 atom stereocenters. The second-order valence-corrected chi connectivity index (χ2v) is 7.06. The van der Waals surface area contributed by atoms with Gasteiger partial charge in [-0.2, -0.15) is 0 Å². The summed E-state index contributed by atoms with van der Waals surface area (Å²) in [4.78, 5) is 12.1. The number of nitrogens with one attached hydrogen (secondary N) is 2. The first-order chi connectivity index (χ1) is 13.9. The molecule has 1 saturated heterocycles. The zero-order valence-corrected chi connectivity index (χ0v) is 15.7. The highest BCUT2D eigenvalue weighted by molar-refractivity contribution is 5.76. The highest BCUT2D eigenvalue weighted by Crippen LogP contribution is 2.23. The van der Waals surface area contributed by atoms with Crippen molar-refractivity contribution in [2.45, 2.75) is 43.9 Å². The Morgan fingerprint density at radius 1 is 0.862 bits per heavy atom. The fourth-order valence-corrected chi connectivity index (χ4v) is 3.18. The standard InChI is InChI=1S/C21H24F2N2O4/c22-15-5-1-13(2-6-15)10-24-12-18-21(28)20(27)17(29-18)9-19(26)25-11-14-3-7-16(23)8-4-14/h1-8,17-18,20-21,24,27-28H,9-12H2,(H,25,26). The molecular weight excluding hydrogens is 382 g/mol. The van der Waals surface area contributed by atoms with E-state index in [4.69, 9.17) is 4.74 Å². The Balaban J connectivity index is 1.42. The lowest BCUT2D eigenvalue weighted by Crippen LogP contribution is -2.38. The van der Waals surface area contributed by atoms with Gasteiger partial charge in [-0.1, -0.05) is 24.3 Å². The second-order valence-electron chi connectivity index (χ2n) is 7.06. The number of rotatable bonds is 8. The van der Waals surface area contributed by atoms with Crippen molar-refractivity contribution in [3.05, 3.63) is 71.3 Å². The van der Waals surface area contributed by atoms with Crippen LogP contribution in [0.1, 0.15) is 17.5 Å². The summed E-state index contributed by atoms with van der Waals surface area (Å²) < 4.78 is 31.5. The first-order valence-electron chi connectivity index (χ1n) is 9.40. The van der Waals surface area contributed by atoms with Crippen LogP contribution in [0.4, 0.5) is 8.78 Å². The van der Waals surface area contributed by atoms with Crippen LogP contribution in [0.25, 0.3) is 0 Å². The van der Waals surface area contributed by atoms with Gasteiger partial charge in [0.25, 0.3) is 0 Å². The summed E-state index contributed by atoms with van der Waals surface area (Å²) in [6, 6.07) is 11.8. The van der Waals surface area contributed by atoms with Crippen LogP contribution in [0.3, 0.4) is 0 Å². The summed E-state index contributed by atoms with van der Waals surface area (Å²) in [5, 5.41) is 26.1. The number of benzene rings is 2. The van der Waals surface area contributed by atoms with Crippen molar-refractivity contribution in [2.24, 2.45) is 0 Å². The van der Waals surface area contributed by atoms with Gasteiger partial charge in [0.1, 0.15) is 23.8 Å². The van der Waals surface area contributed by atoms with Crippen LogP contribution in [-0.4, -0.2) is 47.1 Å². The Bertz CT molecular complexity index is 801. The average molecular weight is 406 g/mol. The molecule has 1 aliphatic rings. The molecule has 2 aromatic rings. The van der Waals surface area contributed by atoms with Gasteiger partial charge in [0.05, 0.1) is 18.6 Å². The Morgan fingerprint density at radius 3 is 1.97 bits per heavy atom. The van der Waals surface area contributed by atoms with E-state index in [1.165, 1.54) is 24.3 Å². The van der Waals surface area contributed by atoms with Gasteiger partial charge in [-0.05, 0) is 35.4 Å². The lowest BCUT2D eigenvalue weighted by atomic mass is 10.1. The van der Waals surface area contributed by atoms with Crippen molar-refractivity contribution >= 4 is 5.91 Å². The topological polar surface area (TPSA) is 90.8 Å². The Hall–Kier alpha value is -2.39. The molecule has 156 valence electrons. The van der Waals surface area contributed by atoms with Crippen LogP contribution in [0.5, 0.6) is 0 Å².